The molecule has 14 heavy (non-hydrogen) atoms. The first-order chi connectivity index (χ1) is 6.81. The molecule has 0 radical (unpaired) electrons. The van der Waals surface area contributed by atoms with Crippen LogP contribution in [0.5, 0.6) is 5.75 Å². The molecule has 0 saturated carbocycles. The van der Waals surface area contributed by atoms with Gasteiger partial charge in [-0.2, -0.15) is 0 Å². The topological polar surface area (TPSA) is 18.5 Å². The van der Waals surface area contributed by atoms with Crippen molar-refractivity contribution in [3.05, 3.63) is 42.6 Å². The van der Waals surface area contributed by atoms with E-state index in [2.05, 4.69) is 12.3 Å². The third kappa shape index (κ3) is 2.53. The molecule has 0 amide bonds. The lowest BCUT2D eigenvalue weighted by Gasteiger charge is -2.06. The summed E-state index contributed by atoms with van der Waals surface area (Å²) in [6.07, 6.45) is 0. The van der Waals surface area contributed by atoms with Crippen molar-refractivity contribution < 1.29 is 9.39 Å². The first-order valence-corrected chi connectivity index (χ1v) is 4.34. The van der Waals surface area contributed by atoms with Crippen molar-refractivity contribution in [3.8, 4) is 5.75 Å². The fraction of sp³-hybridized carbons (Fsp3) is 0.182. The second kappa shape index (κ2) is 5.33. The Bertz CT molecular complexity index is 326. The molecule has 0 aliphatic carbocycles. The maximum absolute atomic E-state index is 5.25. The molecule has 0 saturated heterocycles. The quantitative estimate of drug-likeness (QED) is 0.525. The third-order valence-electron chi connectivity index (χ3n) is 1.97. The Kier molecular flexibility index (Phi) is 4.05. The highest BCUT2D eigenvalue weighted by molar-refractivity contribution is 6.72. The molecule has 72 valence electrons. The highest BCUT2D eigenvalue weighted by atomic mass is 16.5. The summed E-state index contributed by atoms with van der Waals surface area (Å²) in [6.45, 7) is 3.44. The van der Waals surface area contributed by atoms with Gasteiger partial charge in [0.25, 0.3) is 0 Å². The van der Waals surface area contributed by atoms with E-state index in [1.54, 1.807) is 20.2 Å². The molecule has 0 aromatic heterocycles. The molecule has 1 rings (SSSR count). The Balaban J connectivity index is 2.88. The van der Waals surface area contributed by atoms with E-state index in [1.165, 1.54) is 0 Å². The molecule has 3 heteroatoms. The van der Waals surface area contributed by atoms with Crippen molar-refractivity contribution >= 4 is 12.4 Å². The molecular weight excluding hydrogens is 175 g/mol. The van der Waals surface area contributed by atoms with Crippen molar-refractivity contribution in [2.45, 2.75) is 0 Å². The number of ether oxygens (including phenoxy) is 1. The van der Waals surface area contributed by atoms with Crippen molar-refractivity contribution in [1.29, 1.82) is 0 Å². The molecule has 1 aromatic rings. The Morgan fingerprint density at radius 1 is 1.29 bits per heavy atom. The summed E-state index contributed by atoms with van der Waals surface area (Å²) >= 11 is 0. The van der Waals surface area contributed by atoms with Gasteiger partial charge in [0.15, 0.2) is 0 Å². The summed E-state index contributed by atoms with van der Waals surface area (Å²) < 4.78 is 10.3. The van der Waals surface area contributed by atoms with Crippen LogP contribution < -0.4 is 10.2 Å². The van der Waals surface area contributed by atoms with Gasteiger partial charge >= 0.3 is 6.92 Å². The van der Waals surface area contributed by atoms with Gasteiger partial charge in [0, 0.05) is 7.11 Å². The summed E-state index contributed by atoms with van der Waals surface area (Å²) in [5.74, 6) is 2.62. The van der Waals surface area contributed by atoms with E-state index < -0.39 is 0 Å². The van der Waals surface area contributed by atoms with Crippen molar-refractivity contribution in [2.24, 2.45) is 0 Å². The Labute approximate surface area is 85.0 Å². The number of benzene rings is 1. The van der Waals surface area contributed by atoms with Crippen LogP contribution in [-0.2, 0) is 4.65 Å². The van der Waals surface area contributed by atoms with Crippen molar-refractivity contribution in [1.82, 2.24) is 0 Å². The standard InChI is InChI=1S/C11H13BO2/c1-4-9-12(14-3)10-5-7-11(13-2)8-6-10/h5-9H,1H2,2-3H3. The summed E-state index contributed by atoms with van der Waals surface area (Å²) in [7, 11) is 3.30. The van der Waals surface area contributed by atoms with Crippen LogP contribution in [0.4, 0.5) is 0 Å². The first-order valence-electron chi connectivity index (χ1n) is 4.34. The van der Waals surface area contributed by atoms with Crippen LogP contribution in [0, 0.1) is 0 Å². The molecule has 2 nitrogen and oxygen atoms in total. The minimum absolute atomic E-state index is 0.0848. The van der Waals surface area contributed by atoms with Gasteiger partial charge in [0.1, 0.15) is 5.75 Å². The zero-order valence-corrected chi connectivity index (χ0v) is 8.49. The zero-order valence-electron chi connectivity index (χ0n) is 8.49. The molecule has 0 bridgehead atoms. The van der Waals surface area contributed by atoms with E-state index in [0.717, 1.165) is 11.2 Å². The summed E-state index contributed by atoms with van der Waals surface area (Å²) in [4.78, 5) is 0. The maximum Gasteiger partial charge on any atom is 0.361 e. The second-order valence-corrected chi connectivity index (χ2v) is 2.80. The Hall–Kier alpha value is -1.44. The zero-order chi connectivity index (χ0) is 10.4. The van der Waals surface area contributed by atoms with E-state index in [0.29, 0.717) is 0 Å². The maximum atomic E-state index is 5.25. The summed E-state index contributed by atoms with van der Waals surface area (Å²) in [5.41, 5.74) is 3.77. The predicted octanol–water partition coefficient (Wildman–Crippen LogP) is 1.42. The molecule has 0 unspecified atom stereocenters. The van der Waals surface area contributed by atoms with Crippen LogP contribution in [0.25, 0.3) is 0 Å². The third-order valence-corrected chi connectivity index (χ3v) is 1.97. The average Bonchev–Trinajstić information content (AvgIpc) is 2.26. The van der Waals surface area contributed by atoms with Crippen molar-refractivity contribution in [3.63, 3.8) is 0 Å². The van der Waals surface area contributed by atoms with Crippen LogP contribution in [0.3, 0.4) is 0 Å². The van der Waals surface area contributed by atoms with Crippen LogP contribution in [0.2, 0.25) is 0 Å². The SMILES string of the molecule is C=C=CB(OC)c1ccc(OC)cc1. The lowest BCUT2D eigenvalue weighted by Crippen LogP contribution is -2.30. The number of rotatable bonds is 4. The van der Waals surface area contributed by atoms with Crippen LogP contribution in [0.1, 0.15) is 0 Å². The molecule has 0 N–H and O–H groups in total. The molecule has 0 spiro atoms. The van der Waals surface area contributed by atoms with Gasteiger partial charge in [-0.1, -0.05) is 18.7 Å². The first kappa shape index (κ1) is 10.6. The van der Waals surface area contributed by atoms with Gasteiger partial charge in [0.2, 0.25) is 0 Å². The number of hydrogen-bond acceptors (Lipinski definition) is 2. The number of hydrogen-bond donors (Lipinski definition) is 0. The molecule has 0 aliphatic rings. The van der Waals surface area contributed by atoms with Gasteiger partial charge in [-0.3, -0.25) is 0 Å². The van der Waals surface area contributed by atoms with Gasteiger partial charge in [-0.15, -0.1) is 5.73 Å². The van der Waals surface area contributed by atoms with E-state index in [-0.39, 0.29) is 6.92 Å². The summed E-state index contributed by atoms with van der Waals surface area (Å²) in [5, 5.41) is 0. The number of methoxy groups -OCH3 is 1. The van der Waals surface area contributed by atoms with E-state index in [4.69, 9.17) is 9.39 Å². The van der Waals surface area contributed by atoms with E-state index in [9.17, 15) is 0 Å². The molecule has 0 atom stereocenters. The van der Waals surface area contributed by atoms with Crippen molar-refractivity contribution in [2.75, 3.05) is 14.2 Å². The van der Waals surface area contributed by atoms with E-state index >= 15 is 0 Å². The molecular formula is C11H13BO2. The highest BCUT2D eigenvalue weighted by Gasteiger charge is 2.12. The average molecular weight is 188 g/mol. The molecule has 1 aromatic carbocycles. The molecule has 0 aliphatic heterocycles. The lowest BCUT2D eigenvalue weighted by atomic mass is 9.61. The molecule has 0 heterocycles. The molecule has 0 fully saturated rings. The Morgan fingerprint density at radius 3 is 2.36 bits per heavy atom. The predicted molar refractivity (Wildman–Crippen MR) is 59.1 cm³/mol. The van der Waals surface area contributed by atoms with Gasteiger partial charge < -0.3 is 9.39 Å². The van der Waals surface area contributed by atoms with Gasteiger partial charge in [-0.25, -0.2) is 0 Å². The highest BCUT2D eigenvalue weighted by Crippen LogP contribution is 2.06. The second-order valence-electron chi connectivity index (χ2n) is 2.80. The smallest absolute Gasteiger partial charge is 0.361 e. The fourth-order valence-corrected chi connectivity index (χ4v) is 1.20. The largest absolute Gasteiger partial charge is 0.497 e. The lowest BCUT2D eigenvalue weighted by molar-refractivity contribution is 0.414. The monoisotopic (exact) mass is 188 g/mol. The van der Waals surface area contributed by atoms with E-state index in [1.807, 2.05) is 24.3 Å². The van der Waals surface area contributed by atoms with Gasteiger partial charge in [-0.05, 0) is 23.6 Å². The van der Waals surface area contributed by atoms with Crippen LogP contribution in [0.15, 0.2) is 42.6 Å². The van der Waals surface area contributed by atoms with Gasteiger partial charge in [0.05, 0.1) is 7.11 Å². The Morgan fingerprint density at radius 2 is 1.93 bits per heavy atom. The normalized spacial score (nSPS) is 9.00. The fourth-order valence-electron chi connectivity index (χ4n) is 1.20. The van der Waals surface area contributed by atoms with Crippen LogP contribution >= 0.6 is 0 Å². The minimum atomic E-state index is -0.0848. The minimum Gasteiger partial charge on any atom is -0.497 e. The summed E-state index contributed by atoms with van der Waals surface area (Å²) in [6, 6.07) is 7.72. The van der Waals surface area contributed by atoms with Crippen LogP contribution in [-0.4, -0.2) is 21.1 Å².